The fourth-order valence-electron chi connectivity index (χ4n) is 2.36. The molecular formula is C17H33N7O6S2. The molecule has 32 heavy (non-hydrogen) atoms. The van der Waals surface area contributed by atoms with Crippen molar-refractivity contribution in [1.29, 1.82) is 0 Å². The van der Waals surface area contributed by atoms with E-state index in [1.54, 1.807) is 0 Å². The molecule has 0 heterocycles. The van der Waals surface area contributed by atoms with E-state index in [0.717, 1.165) is 0 Å². The number of hydrogen-bond donors (Lipinski definition) is 9. The lowest BCUT2D eigenvalue weighted by molar-refractivity contribution is -0.143. The number of aliphatic carboxylic acids is 1. The Kier molecular flexibility index (Phi) is 15.3. The average molecular weight is 496 g/mol. The van der Waals surface area contributed by atoms with Crippen molar-refractivity contribution in [2.75, 3.05) is 30.9 Å². The number of thioether (sulfide) groups is 1. The molecule has 0 aliphatic carbocycles. The van der Waals surface area contributed by atoms with Gasteiger partial charge in [0.05, 0.1) is 12.6 Å². The first-order valence-electron chi connectivity index (χ1n) is 9.72. The normalized spacial score (nSPS) is 14.4. The summed E-state index contributed by atoms with van der Waals surface area (Å²) in [4.78, 5) is 52.1. The SMILES string of the molecule is CSCCC(NC(=O)C(N)CCCN=C(N)N)C(=O)NC(CS)C(=O)NC(CO)C(=O)O. The van der Waals surface area contributed by atoms with E-state index in [-0.39, 0.29) is 18.1 Å². The fourth-order valence-corrected chi connectivity index (χ4v) is 3.09. The summed E-state index contributed by atoms with van der Waals surface area (Å²) in [5.74, 6) is -3.11. The summed E-state index contributed by atoms with van der Waals surface area (Å²) in [6, 6.07) is -4.56. The van der Waals surface area contributed by atoms with E-state index < -0.39 is 54.5 Å². The van der Waals surface area contributed by atoms with Crippen LogP contribution in [-0.4, -0.2) is 94.9 Å². The Bertz CT molecular complexity index is 663. The van der Waals surface area contributed by atoms with Crippen LogP contribution >= 0.6 is 24.4 Å². The second-order valence-electron chi connectivity index (χ2n) is 6.72. The molecule has 0 saturated heterocycles. The summed E-state index contributed by atoms with van der Waals surface area (Å²) in [5.41, 5.74) is 16.3. The molecular weight excluding hydrogens is 462 g/mol. The summed E-state index contributed by atoms with van der Waals surface area (Å²) in [7, 11) is 0. The Labute approximate surface area is 196 Å². The van der Waals surface area contributed by atoms with Crippen molar-refractivity contribution < 1.29 is 29.4 Å². The maximum atomic E-state index is 12.7. The molecule has 4 unspecified atom stereocenters. The molecule has 0 spiro atoms. The van der Waals surface area contributed by atoms with Gasteiger partial charge in [-0.15, -0.1) is 0 Å². The van der Waals surface area contributed by atoms with Gasteiger partial charge < -0.3 is 43.4 Å². The minimum Gasteiger partial charge on any atom is -0.480 e. The summed E-state index contributed by atoms with van der Waals surface area (Å²) in [5, 5.41) is 25.1. The molecule has 0 aromatic heterocycles. The molecule has 11 N–H and O–H groups in total. The fraction of sp³-hybridized carbons (Fsp3) is 0.706. The molecule has 0 aliphatic rings. The van der Waals surface area contributed by atoms with Gasteiger partial charge >= 0.3 is 5.97 Å². The summed E-state index contributed by atoms with van der Waals surface area (Å²) >= 11 is 5.47. The Hall–Kier alpha value is -2.23. The molecule has 0 radical (unpaired) electrons. The van der Waals surface area contributed by atoms with Gasteiger partial charge in [0.15, 0.2) is 5.96 Å². The number of aliphatic hydroxyl groups is 1. The van der Waals surface area contributed by atoms with E-state index in [2.05, 4.69) is 33.6 Å². The Morgan fingerprint density at radius 1 is 1.00 bits per heavy atom. The summed E-state index contributed by atoms with van der Waals surface area (Å²) in [6.45, 7) is -0.509. The highest BCUT2D eigenvalue weighted by molar-refractivity contribution is 7.98. The lowest BCUT2D eigenvalue weighted by Gasteiger charge is -2.24. The second-order valence-corrected chi connectivity index (χ2v) is 8.07. The van der Waals surface area contributed by atoms with E-state index in [9.17, 15) is 19.2 Å². The number of amides is 3. The average Bonchev–Trinajstić information content (AvgIpc) is 2.74. The van der Waals surface area contributed by atoms with Crippen LogP contribution in [0.4, 0.5) is 0 Å². The van der Waals surface area contributed by atoms with Crippen molar-refractivity contribution in [1.82, 2.24) is 16.0 Å². The first kappa shape index (κ1) is 29.8. The molecule has 0 aliphatic heterocycles. The Morgan fingerprint density at radius 3 is 2.06 bits per heavy atom. The minimum atomic E-state index is -1.52. The third kappa shape index (κ3) is 12.0. The molecule has 13 nitrogen and oxygen atoms in total. The molecule has 15 heteroatoms. The zero-order chi connectivity index (χ0) is 24.7. The number of carboxylic acid groups (broad SMARTS) is 1. The number of nitrogens with zero attached hydrogens (tertiary/aromatic N) is 1. The number of carbonyl (C=O) groups excluding carboxylic acids is 3. The van der Waals surface area contributed by atoms with Crippen LogP contribution in [0.25, 0.3) is 0 Å². The van der Waals surface area contributed by atoms with Gasteiger partial charge in [-0.05, 0) is 31.3 Å². The number of rotatable bonds is 16. The van der Waals surface area contributed by atoms with Gasteiger partial charge in [-0.3, -0.25) is 19.4 Å². The zero-order valence-corrected chi connectivity index (χ0v) is 19.5. The smallest absolute Gasteiger partial charge is 0.328 e. The van der Waals surface area contributed by atoms with E-state index in [0.29, 0.717) is 25.1 Å². The number of carboxylic acids is 1. The molecule has 3 amide bonds. The highest BCUT2D eigenvalue weighted by Gasteiger charge is 2.29. The van der Waals surface area contributed by atoms with Crippen molar-refractivity contribution >= 4 is 54.0 Å². The van der Waals surface area contributed by atoms with Crippen LogP contribution in [0.1, 0.15) is 19.3 Å². The van der Waals surface area contributed by atoms with Crippen molar-refractivity contribution in [3.63, 3.8) is 0 Å². The van der Waals surface area contributed by atoms with Gasteiger partial charge in [-0.25, -0.2) is 4.79 Å². The number of carbonyl (C=O) groups is 4. The van der Waals surface area contributed by atoms with Gasteiger partial charge in [-0.1, -0.05) is 0 Å². The van der Waals surface area contributed by atoms with E-state index >= 15 is 0 Å². The number of nitrogens with one attached hydrogen (secondary N) is 3. The zero-order valence-electron chi connectivity index (χ0n) is 17.8. The summed E-state index contributed by atoms with van der Waals surface area (Å²) in [6.07, 6.45) is 2.86. The third-order valence-corrected chi connectivity index (χ3v) is 5.17. The van der Waals surface area contributed by atoms with Crippen LogP contribution in [0.3, 0.4) is 0 Å². The molecule has 0 saturated carbocycles. The molecule has 0 bridgehead atoms. The van der Waals surface area contributed by atoms with Crippen molar-refractivity contribution in [2.24, 2.45) is 22.2 Å². The minimum absolute atomic E-state index is 0.0618. The maximum Gasteiger partial charge on any atom is 0.328 e. The van der Waals surface area contributed by atoms with Gasteiger partial charge in [-0.2, -0.15) is 24.4 Å². The van der Waals surface area contributed by atoms with Crippen LogP contribution in [0.2, 0.25) is 0 Å². The van der Waals surface area contributed by atoms with Gasteiger partial charge in [0.1, 0.15) is 18.1 Å². The monoisotopic (exact) mass is 495 g/mol. The van der Waals surface area contributed by atoms with Crippen molar-refractivity contribution in [2.45, 2.75) is 43.4 Å². The number of guanidine groups is 1. The van der Waals surface area contributed by atoms with Gasteiger partial charge in [0.2, 0.25) is 17.7 Å². The van der Waals surface area contributed by atoms with Crippen molar-refractivity contribution in [3.05, 3.63) is 0 Å². The van der Waals surface area contributed by atoms with Crippen LogP contribution in [0.15, 0.2) is 4.99 Å². The maximum absolute atomic E-state index is 12.7. The highest BCUT2D eigenvalue weighted by atomic mass is 32.2. The third-order valence-electron chi connectivity index (χ3n) is 4.16. The number of thiol groups is 1. The number of nitrogens with two attached hydrogens (primary N) is 3. The first-order chi connectivity index (χ1) is 15.1. The van der Waals surface area contributed by atoms with Gasteiger partial charge in [0, 0.05) is 12.3 Å². The molecule has 0 rings (SSSR count). The quantitative estimate of drug-likeness (QED) is 0.0445. The first-order valence-corrected chi connectivity index (χ1v) is 11.8. The Morgan fingerprint density at radius 2 is 1.56 bits per heavy atom. The van der Waals surface area contributed by atoms with E-state index in [1.165, 1.54) is 11.8 Å². The highest BCUT2D eigenvalue weighted by Crippen LogP contribution is 2.04. The predicted octanol–water partition coefficient (Wildman–Crippen LogP) is -3.42. The molecule has 0 fully saturated rings. The summed E-state index contributed by atoms with van der Waals surface area (Å²) < 4.78 is 0. The molecule has 184 valence electrons. The largest absolute Gasteiger partial charge is 0.480 e. The lowest BCUT2D eigenvalue weighted by Crippen LogP contribution is -2.58. The topological polar surface area (TPSA) is 235 Å². The van der Waals surface area contributed by atoms with E-state index in [4.69, 9.17) is 27.4 Å². The molecule has 4 atom stereocenters. The predicted molar refractivity (Wildman–Crippen MR) is 125 cm³/mol. The number of hydrogen-bond acceptors (Lipinski definition) is 9. The van der Waals surface area contributed by atoms with Crippen LogP contribution in [-0.2, 0) is 19.2 Å². The number of aliphatic imine (C=N–C) groups is 1. The van der Waals surface area contributed by atoms with Crippen LogP contribution in [0.5, 0.6) is 0 Å². The van der Waals surface area contributed by atoms with E-state index in [1.807, 2.05) is 6.26 Å². The molecule has 0 aromatic carbocycles. The lowest BCUT2D eigenvalue weighted by atomic mass is 10.1. The van der Waals surface area contributed by atoms with Crippen LogP contribution < -0.4 is 33.2 Å². The molecule has 0 aromatic rings. The number of aliphatic hydroxyl groups excluding tert-OH is 1. The van der Waals surface area contributed by atoms with Crippen LogP contribution in [0, 0.1) is 0 Å². The van der Waals surface area contributed by atoms with Crippen molar-refractivity contribution in [3.8, 4) is 0 Å². The Balaban J connectivity index is 5.02. The standard InChI is InChI=1S/C17H33N7O6S2/c1-32-6-4-10(22-13(26)9(18)3-2-5-21-17(19)20)14(27)24-12(8-31)15(28)23-11(7-25)16(29)30/h9-12,25,31H,2-8,18H2,1H3,(H,22,26)(H,23,28)(H,24,27)(H,29,30)(H4,19,20,21). The van der Waals surface area contributed by atoms with Gasteiger partial charge in [0.25, 0.3) is 0 Å². The second kappa shape index (κ2) is 16.4.